The van der Waals surface area contributed by atoms with E-state index in [1.807, 2.05) is 0 Å². The Hall–Kier alpha value is -2.11. The maximum atomic E-state index is 12.2. The zero-order valence-corrected chi connectivity index (χ0v) is 21.1. The number of hydrogen-bond donors (Lipinski definition) is 2. The first-order chi connectivity index (χ1) is 15.5. The van der Waals surface area contributed by atoms with E-state index >= 15 is 0 Å². The van der Waals surface area contributed by atoms with E-state index in [1.54, 1.807) is 20.8 Å². The molecule has 33 heavy (non-hydrogen) atoms. The molecule has 1 saturated heterocycles. The number of nitrogens with zero attached hydrogens (tertiary/aromatic N) is 1. The molecule has 3 atom stereocenters. The van der Waals surface area contributed by atoms with Gasteiger partial charge in [-0.05, 0) is 38.3 Å². The van der Waals surface area contributed by atoms with Gasteiger partial charge < -0.3 is 19.5 Å². The molecule has 1 aromatic rings. The molecule has 0 radical (unpaired) electrons. The summed E-state index contributed by atoms with van der Waals surface area (Å²) in [6.45, 7) is 5.70. The van der Waals surface area contributed by atoms with Gasteiger partial charge in [0, 0.05) is 32.0 Å². The zero-order chi connectivity index (χ0) is 24.6. The lowest BCUT2D eigenvalue weighted by Gasteiger charge is -2.19. The third kappa shape index (κ3) is 8.98. The van der Waals surface area contributed by atoms with Gasteiger partial charge in [0.15, 0.2) is 0 Å². The molecule has 2 rings (SSSR count). The van der Waals surface area contributed by atoms with E-state index in [9.17, 15) is 19.2 Å². The van der Waals surface area contributed by atoms with E-state index in [0.29, 0.717) is 31.4 Å². The molecule has 3 unspecified atom stereocenters. The molecule has 2 N–H and O–H groups in total. The number of carbonyl (C=O) groups is 2. The largest absolute Gasteiger partial charge is 0.466 e. The van der Waals surface area contributed by atoms with Gasteiger partial charge in [-0.25, -0.2) is 9.59 Å². The summed E-state index contributed by atoms with van der Waals surface area (Å²) in [6, 6.07) is 0. The number of ether oxygens (including phenoxy) is 3. The van der Waals surface area contributed by atoms with E-state index in [0.717, 1.165) is 0 Å². The molecule has 0 saturated carbocycles. The SMILES string of the molecule is CC(C)(C)OC(=O)NCCCC(=O)OCCC1OC(n2cc(/C=C/Br)c(=O)[nH]c2=O)CC1Cl. The number of amides is 1. The summed E-state index contributed by atoms with van der Waals surface area (Å²) in [5.74, 6) is -0.398. The van der Waals surface area contributed by atoms with Crippen LogP contribution in [0.2, 0.25) is 0 Å². The Morgan fingerprint density at radius 1 is 1.39 bits per heavy atom. The number of halogens is 2. The predicted octanol–water partition coefficient (Wildman–Crippen LogP) is 3.04. The Kier molecular flexibility index (Phi) is 10.2. The Bertz CT molecular complexity index is 970. The molecule has 1 amide bonds. The Labute approximate surface area is 204 Å². The minimum atomic E-state index is -0.640. The van der Waals surface area contributed by atoms with Gasteiger partial charge in [0.25, 0.3) is 5.56 Å². The number of alkyl halides is 1. The summed E-state index contributed by atoms with van der Waals surface area (Å²) in [5, 5.41) is 2.19. The fraction of sp³-hybridized carbons (Fsp3) is 0.619. The number of rotatable bonds is 9. The number of aromatic nitrogens is 2. The van der Waals surface area contributed by atoms with Crippen LogP contribution >= 0.6 is 27.5 Å². The van der Waals surface area contributed by atoms with Crippen LogP contribution in [0, 0.1) is 0 Å². The summed E-state index contributed by atoms with van der Waals surface area (Å²) in [5.41, 5.74) is -1.38. The fourth-order valence-electron chi connectivity index (χ4n) is 3.11. The maximum Gasteiger partial charge on any atom is 0.407 e. The van der Waals surface area contributed by atoms with Crippen LogP contribution < -0.4 is 16.6 Å². The maximum absolute atomic E-state index is 12.2. The molecule has 0 aromatic carbocycles. The first-order valence-corrected chi connectivity index (χ1v) is 11.9. The van der Waals surface area contributed by atoms with Crippen molar-refractivity contribution in [2.75, 3.05) is 13.2 Å². The lowest BCUT2D eigenvalue weighted by Crippen LogP contribution is -2.33. The van der Waals surface area contributed by atoms with E-state index in [4.69, 9.17) is 25.8 Å². The Morgan fingerprint density at radius 2 is 2.12 bits per heavy atom. The molecule has 1 aromatic heterocycles. The monoisotopic (exact) mass is 549 g/mol. The van der Waals surface area contributed by atoms with Crippen LogP contribution in [0.15, 0.2) is 20.8 Å². The molecule has 12 heteroatoms. The molecule has 1 aliphatic heterocycles. The van der Waals surface area contributed by atoms with Gasteiger partial charge >= 0.3 is 17.8 Å². The van der Waals surface area contributed by atoms with Gasteiger partial charge in [-0.2, -0.15) is 0 Å². The van der Waals surface area contributed by atoms with Crippen LogP contribution in [-0.4, -0.2) is 51.8 Å². The van der Waals surface area contributed by atoms with Gasteiger partial charge in [-0.15, -0.1) is 11.6 Å². The molecule has 1 aliphatic rings. The average molecular weight is 551 g/mol. The molecule has 0 aliphatic carbocycles. The normalized spacial score (nSPS) is 20.7. The number of H-pyrrole nitrogens is 1. The highest BCUT2D eigenvalue weighted by Gasteiger charge is 2.35. The highest BCUT2D eigenvalue weighted by Crippen LogP contribution is 2.33. The number of nitrogens with one attached hydrogen (secondary N) is 2. The smallest absolute Gasteiger partial charge is 0.407 e. The topological polar surface area (TPSA) is 129 Å². The second-order valence-electron chi connectivity index (χ2n) is 8.47. The fourth-order valence-corrected chi connectivity index (χ4v) is 3.74. The summed E-state index contributed by atoms with van der Waals surface area (Å²) < 4.78 is 17.5. The van der Waals surface area contributed by atoms with Gasteiger partial charge in [-0.1, -0.05) is 15.9 Å². The first kappa shape index (κ1) is 27.1. The predicted molar refractivity (Wildman–Crippen MR) is 126 cm³/mol. The zero-order valence-electron chi connectivity index (χ0n) is 18.8. The molecule has 0 bridgehead atoms. The third-order valence-corrected chi connectivity index (χ3v) is 5.33. The quantitative estimate of drug-likeness (QED) is 0.275. The number of hydrogen-bond acceptors (Lipinski definition) is 7. The highest BCUT2D eigenvalue weighted by atomic mass is 79.9. The van der Waals surface area contributed by atoms with Crippen molar-refractivity contribution in [1.29, 1.82) is 0 Å². The van der Waals surface area contributed by atoms with Crippen LogP contribution in [0.1, 0.15) is 58.2 Å². The van der Waals surface area contributed by atoms with Crippen molar-refractivity contribution in [3.05, 3.63) is 37.6 Å². The lowest BCUT2D eigenvalue weighted by molar-refractivity contribution is -0.144. The standard InChI is InChI=1S/C21H29BrClN3O7/c1-21(2,3)33-20(30)24-9-4-5-17(27)31-10-7-15-14(23)11-16(32-15)26-12-13(6-8-22)18(28)25-19(26)29/h6,8,12,14-16H,4-5,7,9-11H2,1-3H3,(H,24,30)(H,25,28,29)/b8-6+. The van der Waals surface area contributed by atoms with Crippen molar-refractivity contribution < 1.29 is 23.8 Å². The minimum absolute atomic E-state index is 0.108. The van der Waals surface area contributed by atoms with Crippen molar-refractivity contribution >= 4 is 45.7 Å². The van der Waals surface area contributed by atoms with Crippen LogP contribution in [-0.2, 0) is 19.0 Å². The van der Waals surface area contributed by atoms with E-state index in [1.165, 1.54) is 21.8 Å². The highest BCUT2D eigenvalue weighted by molar-refractivity contribution is 9.11. The van der Waals surface area contributed by atoms with Crippen molar-refractivity contribution in [2.24, 2.45) is 0 Å². The lowest BCUT2D eigenvalue weighted by atomic mass is 10.2. The number of aromatic amines is 1. The summed E-state index contributed by atoms with van der Waals surface area (Å²) >= 11 is 9.48. The van der Waals surface area contributed by atoms with Gasteiger partial charge in [0.05, 0.1) is 23.7 Å². The second kappa shape index (κ2) is 12.4. The van der Waals surface area contributed by atoms with E-state index < -0.39 is 41.2 Å². The second-order valence-corrected chi connectivity index (χ2v) is 9.56. The van der Waals surface area contributed by atoms with Crippen LogP contribution in [0.4, 0.5) is 4.79 Å². The number of alkyl carbamates (subject to hydrolysis) is 1. The van der Waals surface area contributed by atoms with E-state index in [2.05, 4.69) is 26.2 Å². The van der Waals surface area contributed by atoms with Crippen molar-refractivity contribution in [3.8, 4) is 0 Å². The molecule has 0 spiro atoms. The Balaban J connectivity index is 1.75. The summed E-state index contributed by atoms with van der Waals surface area (Å²) in [4.78, 5) is 51.2. The van der Waals surface area contributed by atoms with Gasteiger partial charge in [0.2, 0.25) is 0 Å². The molecular weight excluding hydrogens is 522 g/mol. The average Bonchev–Trinajstić information content (AvgIpc) is 3.06. The van der Waals surface area contributed by atoms with Crippen LogP contribution in [0.3, 0.4) is 0 Å². The van der Waals surface area contributed by atoms with Crippen LogP contribution in [0.5, 0.6) is 0 Å². The minimum Gasteiger partial charge on any atom is -0.466 e. The molecule has 10 nitrogen and oxygen atoms in total. The van der Waals surface area contributed by atoms with Crippen molar-refractivity contribution in [1.82, 2.24) is 14.9 Å². The molecule has 1 fully saturated rings. The van der Waals surface area contributed by atoms with Crippen LogP contribution in [0.25, 0.3) is 6.08 Å². The van der Waals surface area contributed by atoms with Gasteiger partial charge in [-0.3, -0.25) is 19.1 Å². The van der Waals surface area contributed by atoms with Crippen molar-refractivity contribution in [2.45, 2.75) is 69.8 Å². The number of carbonyl (C=O) groups excluding carboxylic acids is 2. The Morgan fingerprint density at radius 3 is 2.79 bits per heavy atom. The molecular formula is C21H29BrClN3O7. The summed E-state index contributed by atoms with van der Waals surface area (Å²) in [7, 11) is 0. The third-order valence-electron chi connectivity index (χ3n) is 4.60. The van der Waals surface area contributed by atoms with E-state index in [-0.39, 0.29) is 18.4 Å². The molecule has 184 valence electrons. The summed E-state index contributed by atoms with van der Waals surface area (Å²) in [6.07, 6.45) is 2.62. The van der Waals surface area contributed by atoms with Crippen molar-refractivity contribution in [3.63, 3.8) is 0 Å². The van der Waals surface area contributed by atoms with Gasteiger partial charge in [0.1, 0.15) is 11.8 Å². The first-order valence-electron chi connectivity index (χ1n) is 10.5. The number of esters is 1. The molecule has 2 heterocycles.